The molecule has 2 heteroatoms. The van der Waals surface area contributed by atoms with Crippen LogP contribution in [0.25, 0.3) is 0 Å². The molecule has 0 aliphatic heterocycles. The molecule has 0 fully saturated rings. The zero-order chi connectivity index (χ0) is 9.26. The lowest BCUT2D eigenvalue weighted by Gasteiger charge is -2.25. The Morgan fingerprint density at radius 3 is 3.08 bits per heavy atom. The lowest BCUT2D eigenvalue weighted by molar-refractivity contribution is 0.0882. The van der Waals surface area contributed by atoms with Crippen molar-refractivity contribution in [1.29, 1.82) is 0 Å². The van der Waals surface area contributed by atoms with E-state index >= 15 is 0 Å². The first-order chi connectivity index (χ1) is 6.33. The van der Waals surface area contributed by atoms with E-state index in [2.05, 4.69) is 6.07 Å². The quantitative estimate of drug-likeness (QED) is 0.668. The largest absolute Gasteiger partial charge is 0.398 e. The Morgan fingerprint density at radius 2 is 2.31 bits per heavy atom. The van der Waals surface area contributed by atoms with E-state index in [1.165, 1.54) is 17.5 Å². The first-order valence-electron chi connectivity index (χ1n) is 4.73. The van der Waals surface area contributed by atoms with Crippen LogP contribution in [0, 0.1) is 0 Å². The highest BCUT2D eigenvalue weighted by atomic mass is 16.5. The molecule has 2 rings (SSSR count). The highest BCUT2D eigenvalue weighted by Crippen LogP contribution is 2.34. The fourth-order valence-corrected chi connectivity index (χ4v) is 2.08. The summed E-state index contributed by atoms with van der Waals surface area (Å²) in [6.07, 6.45) is 3.65. The number of hydrogen-bond donors (Lipinski definition) is 1. The maximum Gasteiger partial charge on any atom is 0.0824 e. The van der Waals surface area contributed by atoms with Gasteiger partial charge in [-0.05, 0) is 36.5 Å². The Labute approximate surface area is 78.7 Å². The molecule has 70 valence electrons. The van der Waals surface area contributed by atoms with E-state index in [4.69, 9.17) is 10.5 Å². The Hall–Kier alpha value is -1.02. The Morgan fingerprint density at radius 1 is 1.46 bits per heavy atom. The van der Waals surface area contributed by atoms with Gasteiger partial charge in [-0.2, -0.15) is 0 Å². The van der Waals surface area contributed by atoms with Crippen molar-refractivity contribution < 1.29 is 4.74 Å². The predicted molar refractivity (Wildman–Crippen MR) is 53.5 cm³/mol. The van der Waals surface area contributed by atoms with Crippen LogP contribution in [0.4, 0.5) is 5.69 Å². The van der Waals surface area contributed by atoms with Gasteiger partial charge in [-0.3, -0.25) is 0 Å². The van der Waals surface area contributed by atoms with Gasteiger partial charge in [0.05, 0.1) is 6.10 Å². The van der Waals surface area contributed by atoms with Gasteiger partial charge in [0.25, 0.3) is 0 Å². The fraction of sp³-hybridized carbons (Fsp3) is 0.455. The molecule has 2 N–H and O–H groups in total. The van der Waals surface area contributed by atoms with Crippen LogP contribution in [0.1, 0.15) is 30.1 Å². The smallest absolute Gasteiger partial charge is 0.0824 e. The summed E-state index contributed by atoms with van der Waals surface area (Å²) in [7, 11) is 1.77. The summed E-state index contributed by atoms with van der Waals surface area (Å²) in [4.78, 5) is 0. The first kappa shape index (κ1) is 8.57. The molecule has 0 saturated heterocycles. The minimum absolute atomic E-state index is 0.257. The molecule has 1 aromatic carbocycles. The molecule has 0 saturated carbocycles. The van der Waals surface area contributed by atoms with Gasteiger partial charge >= 0.3 is 0 Å². The number of anilines is 1. The highest BCUT2D eigenvalue weighted by molar-refractivity contribution is 5.52. The average Bonchev–Trinajstić information content (AvgIpc) is 2.18. The molecule has 1 unspecified atom stereocenters. The van der Waals surface area contributed by atoms with Crippen molar-refractivity contribution in [2.45, 2.75) is 25.4 Å². The predicted octanol–water partition coefficient (Wildman–Crippen LogP) is 2.29. The van der Waals surface area contributed by atoms with E-state index < -0.39 is 0 Å². The van der Waals surface area contributed by atoms with Crippen molar-refractivity contribution >= 4 is 5.69 Å². The molecule has 1 aromatic rings. The normalized spacial score (nSPS) is 21.2. The highest BCUT2D eigenvalue weighted by Gasteiger charge is 2.20. The number of fused-ring (bicyclic) bond motifs is 1. The summed E-state index contributed by atoms with van der Waals surface area (Å²) in [6, 6.07) is 6.10. The van der Waals surface area contributed by atoms with Gasteiger partial charge in [-0.25, -0.2) is 0 Å². The van der Waals surface area contributed by atoms with Crippen molar-refractivity contribution in [3.8, 4) is 0 Å². The number of nitrogens with two attached hydrogens (primary N) is 1. The zero-order valence-corrected chi connectivity index (χ0v) is 7.92. The molecule has 0 spiro atoms. The van der Waals surface area contributed by atoms with Gasteiger partial charge in [-0.15, -0.1) is 0 Å². The second kappa shape index (κ2) is 3.38. The van der Waals surface area contributed by atoms with Crippen LogP contribution in [0.2, 0.25) is 0 Å². The summed E-state index contributed by atoms with van der Waals surface area (Å²) in [5, 5.41) is 0. The summed E-state index contributed by atoms with van der Waals surface area (Å²) in [5.74, 6) is 0. The van der Waals surface area contributed by atoms with Crippen molar-refractivity contribution in [2.75, 3.05) is 12.8 Å². The van der Waals surface area contributed by atoms with E-state index in [1.54, 1.807) is 7.11 Å². The Kier molecular flexibility index (Phi) is 2.23. The van der Waals surface area contributed by atoms with Gasteiger partial charge in [0.2, 0.25) is 0 Å². The maximum absolute atomic E-state index is 5.90. The van der Waals surface area contributed by atoms with E-state index in [0.29, 0.717) is 0 Å². The molecular weight excluding hydrogens is 162 g/mol. The molecule has 2 nitrogen and oxygen atoms in total. The molecule has 0 amide bonds. The third-order valence-electron chi connectivity index (χ3n) is 2.77. The van der Waals surface area contributed by atoms with E-state index in [0.717, 1.165) is 18.5 Å². The van der Waals surface area contributed by atoms with Gasteiger partial charge in [0.15, 0.2) is 0 Å². The van der Waals surface area contributed by atoms with Crippen molar-refractivity contribution in [3.05, 3.63) is 29.3 Å². The third kappa shape index (κ3) is 1.42. The lowest BCUT2D eigenvalue weighted by atomic mass is 9.88. The van der Waals surface area contributed by atoms with E-state index in [9.17, 15) is 0 Å². The van der Waals surface area contributed by atoms with Gasteiger partial charge in [0, 0.05) is 12.8 Å². The van der Waals surface area contributed by atoms with Crippen molar-refractivity contribution in [2.24, 2.45) is 0 Å². The van der Waals surface area contributed by atoms with Crippen molar-refractivity contribution in [1.82, 2.24) is 0 Å². The van der Waals surface area contributed by atoms with E-state index in [1.807, 2.05) is 12.1 Å². The number of methoxy groups -OCH3 is 1. The zero-order valence-electron chi connectivity index (χ0n) is 7.92. The molecule has 1 aliphatic carbocycles. The monoisotopic (exact) mass is 177 g/mol. The maximum atomic E-state index is 5.90. The average molecular weight is 177 g/mol. The van der Waals surface area contributed by atoms with Crippen LogP contribution < -0.4 is 5.73 Å². The van der Waals surface area contributed by atoms with Gasteiger partial charge < -0.3 is 10.5 Å². The lowest BCUT2D eigenvalue weighted by Crippen LogP contribution is -2.12. The second-order valence-electron chi connectivity index (χ2n) is 3.53. The number of ether oxygens (including phenoxy) is 1. The minimum Gasteiger partial charge on any atom is -0.398 e. The molecule has 0 aromatic heterocycles. The van der Waals surface area contributed by atoms with Crippen LogP contribution in [0.3, 0.4) is 0 Å². The molecule has 1 aliphatic rings. The number of rotatable bonds is 1. The Bertz CT molecular complexity index is 309. The van der Waals surface area contributed by atoms with Crippen LogP contribution in [0.5, 0.6) is 0 Å². The van der Waals surface area contributed by atoms with E-state index in [-0.39, 0.29) is 6.10 Å². The van der Waals surface area contributed by atoms with Gasteiger partial charge in [0.1, 0.15) is 0 Å². The SMILES string of the molecule is COC1CCCc2c(N)cccc21. The first-order valence-corrected chi connectivity index (χ1v) is 4.73. The number of nitrogen functional groups attached to an aromatic ring is 1. The van der Waals surface area contributed by atoms with Gasteiger partial charge in [-0.1, -0.05) is 12.1 Å². The fourth-order valence-electron chi connectivity index (χ4n) is 2.08. The van der Waals surface area contributed by atoms with Crippen LogP contribution in [-0.2, 0) is 11.2 Å². The standard InChI is InChI=1S/C11H15NO/c1-13-11-7-3-4-8-9(11)5-2-6-10(8)12/h2,5-6,11H,3-4,7,12H2,1H3. The van der Waals surface area contributed by atoms with Crippen LogP contribution in [-0.4, -0.2) is 7.11 Å². The molecule has 0 radical (unpaired) electrons. The molecule has 1 atom stereocenters. The third-order valence-corrected chi connectivity index (χ3v) is 2.77. The topological polar surface area (TPSA) is 35.2 Å². The summed E-state index contributed by atoms with van der Waals surface area (Å²) < 4.78 is 5.42. The number of benzene rings is 1. The van der Waals surface area contributed by atoms with Crippen LogP contribution in [0.15, 0.2) is 18.2 Å². The Balaban J connectivity index is 2.45. The van der Waals surface area contributed by atoms with Crippen molar-refractivity contribution in [3.63, 3.8) is 0 Å². The summed E-state index contributed by atoms with van der Waals surface area (Å²) in [6.45, 7) is 0. The molecule has 13 heavy (non-hydrogen) atoms. The van der Waals surface area contributed by atoms with Crippen LogP contribution >= 0.6 is 0 Å². The minimum atomic E-state index is 0.257. The molecule has 0 bridgehead atoms. The second-order valence-corrected chi connectivity index (χ2v) is 3.53. The summed E-state index contributed by atoms with van der Waals surface area (Å²) >= 11 is 0. The molecular formula is C11H15NO. The summed E-state index contributed by atoms with van der Waals surface area (Å²) in [5.41, 5.74) is 9.40. The molecule has 0 heterocycles. The number of hydrogen-bond acceptors (Lipinski definition) is 2.